The zero-order chi connectivity index (χ0) is 45.6. The van der Waals surface area contributed by atoms with E-state index in [1.807, 2.05) is 41.5 Å². The van der Waals surface area contributed by atoms with Crippen LogP contribution in [-0.4, -0.2) is 120 Å². The lowest BCUT2D eigenvalue weighted by molar-refractivity contribution is -0.142. The summed E-state index contributed by atoms with van der Waals surface area (Å²) in [7, 11) is 0. The Bertz CT molecular complexity index is 1420. The number of nitrogens with one attached hydrogen (secondary N) is 6. The van der Waals surface area contributed by atoms with Crippen molar-refractivity contribution in [3.63, 3.8) is 0 Å². The highest BCUT2D eigenvalue weighted by atomic mass is 16.6. The second-order valence-corrected chi connectivity index (χ2v) is 18.0. The van der Waals surface area contributed by atoms with Crippen molar-refractivity contribution < 1.29 is 43.1 Å². The van der Waals surface area contributed by atoms with Crippen LogP contribution >= 0.6 is 0 Å². The fourth-order valence-electron chi connectivity index (χ4n) is 6.78. The summed E-state index contributed by atoms with van der Waals surface area (Å²) in [6.07, 6.45) is 4.49. The molecule has 18 nitrogen and oxygen atoms in total. The largest absolute Gasteiger partial charge is 0.444 e. The van der Waals surface area contributed by atoms with Gasteiger partial charge < -0.3 is 41.5 Å². The number of rotatable bonds is 25. The first kappa shape index (κ1) is 53.5. The van der Waals surface area contributed by atoms with Crippen LogP contribution in [0.2, 0.25) is 0 Å². The third kappa shape index (κ3) is 22.2. The van der Waals surface area contributed by atoms with Crippen LogP contribution in [0.3, 0.4) is 0 Å². The van der Waals surface area contributed by atoms with E-state index in [4.69, 9.17) is 10.5 Å². The van der Waals surface area contributed by atoms with Crippen LogP contribution in [0.15, 0.2) is 0 Å². The van der Waals surface area contributed by atoms with Gasteiger partial charge in [-0.2, -0.15) is 0 Å². The molecule has 1 aliphatic rings. The van der Waals surface area contributed by atoms with Crippen LogP contribution < -0.4 is 37.9 Å². The highest BCUT2D eigenvalue weighted by molar-refractivity contribution is 5.95. The maximum atomic E-state index is 14.3. The molecule has 0 spiro atoms. The topological polar surface area (TPSA) is 250 Å². The number of nitrogens with two attached hydrogens (primary N) is 1. The van der Waals surface area contributed by atoms with Crippen molar-refractivity contribution in [3.8, 4) is 0 Å². The van der Waals surface area contributed by atoms with E-state index in [0.717, 1.165) is 12.8 Å². The van der Waals surface area contributed by atoms with E-state index < -0.39 is 71.9 Å². The Kier molecular flexibility index (Phi) is 24.4. The van der Waals surface area contributed by atoms with Crippen molar-refractivity contribution in [2.45, 2.75) is 170 Å². The minimum absolute atomic E-state index is 0.0106. The van der Waals surface area contributed by atoms with Crippen molar-refractivity contribution in [1.82, 2.24) is 41.9 Å². The van der Waals surface area contributed by atoms with Gasteiger partial charge >= 0.3 is 6.09 Å². The van der Waals surface area contributed by atoms with Crippen molar-refractivity contribution >= 4 is 47.4 Å². The highest BCUT2D eigenvalue weighted by Gasteiger charge is 2.36. The standard InChI is InChI=1S/C42H77N9O9/c1-27(2)23-31(37(55)46-32(24-28(3)4)38(56)49-48-35(53)18-12-11-13-19-43)45-36(54)26-50(21-15-14-20-44-41(59)60-42(8,9)10)40(58)33(25-29(5)6)47-39(57)34-17-16-22-51(34)30(7)52/h27-29,31-34H,11-26,43H2,1-10H3,(H,44,59)(H,45,54)(H,46,55)(H,47,57)(H,48,53)(H,49,56)/t31-,32-,33-,34-/m0/s1. The number of hydrazine groups is 1. The monoisotopic (exact) mass is 852 g/mol. The molecule has 0 bridgehead atoms. The summed E-state index contributed by atoms with van der Waals surface area (Å²) >= 11 is 0. The predicted octanol–water partition coefficient (Wildman–Crippen LogP) is 2.39. The van der Waals surface area contributed by atoms with E-state index in [1.54, 1.807) is 20.8 Å². The zero-order valence-electron chi connectivity index (χ0n) is 38.0. The molecule has 0 saturated carbocycles. The molecule has 1 saturated heterocycles. The van der Waals surface area contributed by atoms with Crippen molar-refractivity contribution in [3.05, 3.63) is 0 Å². The Morgan fingerprint density at radius 3 is 1.90 bits per heavy atom. The fraction of sp³-hybridized carbons (Fsp3) is 0.810. The molecule has 0 unspecified atom stereocenters. The molecule has 18 heteroatoms. The van der Waals surface area contributed by atoms with Gasteiger partial charge in [0.2, 0.25) is 35.4 Å². The zero-order valence-corrected chi connectivity index (χ0v) is 38.0. The smallest absolute Gasteiger partial charge is 0.407 e. The van der Waals surface area contributed by atoms with Crippen LogP contribution in [0.4, 0.5) is 4.79 Å². The maximum Gasteiger partial charge on any atom is 0.407 e. The quantitative estimate of drug-likeness (QED) is 0.0522. The number of carbonyl (C=O) groups excluding carboxylic acids is 8. The molecule has 0 aromatic carbocycles. The van der Waals surface area contributed by atoms with Gasteiger partial charge in [-0.05, 0) is 103 Å². The van der Waals surface area contributed by atoms with E-state index >= 15 is 0 Å². The summed E-state index contributed by atoms with van der Waals surface area (Å²) in [4.78, 5) is 108. The molecule has 0 radical (unpaired) electrons. The molecule has 1 aliphatic heterocycles. The number of alkyl carbamates (subject to hydrolysis) is 1. The number of hydrogen-bond donors (Lipinski definition) is 7. The van der Waals surface area contributed by atoms with E-state index in [9.17, 15) is 38.4 Å². The maximum absolute atomic E-state index is 14.3. The molecule has 8 amide bonds. The first-order valence-corrected chi connectivity index (χ1v) is 21.8. The lowest BCUT2D eigenvalue weighted by atomic mass is 10.00. The normalized spacial score (nSPS) is 15.5. The van der Waals surface area contributed by atoms with Crippen molar-refractivity contribution in [1.29, 1.82) is 0 Å². The van der Waals surface area contributed by atoms with Gasteiger partial charge in [0.25, 0.3) is 5.91 Å². The molecule has 4 atom stereocenters. The van der Waals surface area contributed by atoms with Crippen molar-refractivity contribution in [2.75, 3.05) is 32.7 Å². The number of amides is 8. The van der Waals surface area contributed by atoms with Gasteiger partial charge in [0.1, 0.15) is 29.8 Å². The average molecular weight is 852 g/mol. The first-order valence-electron chi connectivity index (χ1n) is 21.8. The Hall–Kier alpha value is -4.48. The molecular formula is C42H77N9O9. The number of carbonyl (C=O) groups is 8. The van der Waals surface area contributed by atoms with Crippen LogP contribution in [0.5, 0.6) is 0 Å². The summed E-state index contributed by atoms with van der Waals surface area (Å²) in [6.45, 7) is 18.9. The molecule has 1 heterocycles. The average Bonchev–Trinajstić information content (AvgIpc) is 3.63. The summed E-state index contributed by atoms with van der Waals surface area (Å²) in [5.74, 6) is -3.47. The first-order chi connectivity index (χ1) is 28.0. The summed E-state index contributed by atoms with van der Waals surface area (Å²) < 4.78 is 5.30. The summed E-state index contributed by atoms with van der Waals surface area (Å²) in [5, 5.41) is 11.1. The second kappa shape index (κ2) is 27.4. The molecular weight excluding hydrogens is 775 g/mol. The predicted molar refractivity (Wildman–Crippen MR) is 228 cm³/mol. The minimum atomic E-state index is -1.07. The van der Waals surface area contributed by atoms with Gasteiger partial charge in [0.15, 0.2) is 0 Å². The molecule has 344 valence electrons. The van der Waals surface area contributed by atoms with Gasteiger partial charge in [0, 0.05) is 33.0 Å². The Labute approximate surface area is 357 Å². The SMILES string of the molecule is CC(=O)N1CCC[C@H]1C(=O)N[C@@H](CC(C)C)C(=O)N(CCCCNC(=O)OC(C)(C)C)CC(=O)N[C@@H](CC(C)C)C(=O)N[C@@H](CC(C)C)C(=O)NNC(=O)CCCCCN. The highest BCUT2D eigenvalue weighted by Crippen LogP contribution is 2.19. The Balaban J connectivity index is 3.25. The van der Waals surface area contributed by atoms with E-state index in [1.165, 1.54) is 16.7 Å². The van der Waals surface area contributed by atoms with Crippen LogP contribution in [0.1, 0.15) is 140 Å². The third-order valence-corrected chi connectivity index (χ3v) is 9.58. The molecule has 8 N–H and O–H groups in total. The Morgan fingerprint density at radius 2 is 1.33 bits per heavy atom. The molecule has 0 aromatic heterocycles. The van der Waals surface area contributed by atoms with Gasteiger partial charge in [0.05, 0.1) is 6.54 Å². The number of ether oxygens (including phenoxy) is 1. The summed E-state index contributed by atoms with van der Waals surface area (Å²) in [5.41, 5.74) is 9.66. The van der Waals surface area contributed by atoms with Gasteiger partial charge in [-0.15, -0.1) is 0 Å². The van der Waals surface area contributed by atoms with E-state index in [-0.39, 0.29) is 68.3 Å². The lowest BCUT2D eigenvalue weighted by Gasteiger charge is -2.31. The minimum Gasteiger partial charge on any atom is -0.444 e. The number of nitrogens with zero attached hydrogens (tertiary/aromatic N) is 2. The van der Waals surface area contributed by atoms with Crippen LogP contribution in [-0.2, 0) is 38.3 Å². The van der Waals surface area contributed by atoms with E-state index in [2.05, 4.69) is 32.1 Å². The molecule has 1 rings (SSSR count). The van der Waals surface area contributed by atoms with Crippen molar-refractivity contribution in [2.24, 2.45) is 23.5 Å². The number of likely N-dealkylation sites (tertiary alicyclic amines) is 1. The third-order valence-electron chi connectivity index (χ3n) is 9.58. The van der Waals surface area contributed by atoms with Gasteiger partial charge in [-0.1, -0.05) is 48.0 Å². The van der Waals surface area contributed by atoms with Gasteiger partial charge in [-0.3, -0.25) is 44.4 Å². The lowest BCUT2D eigenvalue weighted by Crippen LogP contribution is -2.58. The van der Waals surface area contributed by atoms with Gasteiger partial charge in [-0.25, -0.2) is 4.79 Å². The second-order valence-electron chi connectivity index (χ2n) is 18.0. The number of hydrogen-bond acceptors (Lipinski definition) is 10. The van der Waals surface area contributed by atoms with Crippen LogP contribution in [0.25, 0.3) is 0 Å². The molecule has 60 heavy (non-hydrogen) atoms. The molecule has 1 fully saturated rings. The Morgan fingerprint density at radius 1 is 0.733 bits per heavy atom. The summed E-state index contributed by atoms with van der Waals surface area (Å²) in [6, 6.07) is -3.80. The molecule has 0 aliphatic carbocycles. The fourth-order valence-corrected chi connectivity index (χ4v) is 6.78. The van der Waals surface area contributed by atoms with E-state index in [0.29, 0.717) is 45.2 Å². The van der Waals surface area contributed by atoms with Crippen LogP contribution in [0, 0.1) is 17.8 Å². The molecule has 0 aromatic rings. The number of unbranched alkanes of at least 4 members (excludes halogenated alkanes) is 3.